The smallest absolute Gasteiger partial charge is 0.416 e. The third kappa shape index (κ3) is 6.26. The highest BCUT2D eigenvalue weighted by Crippen LogP contribution is 2.29. The fraction of sp³-hybridized carbons (Fsp3) is 0.429. The summed E-state index contributed by atoms with van der Waals surface area (Å²) in [4.78, 5) is 2.40. The molecule has 0 aliphatic carbocycles. The molecule has 1 aliphatic heterocycles. The normalized spacial score (nSPS) is 15.7. The second-order valence-corrected chi connectivity index (χ2v) is 6.69. The number of aryl methyl sites for hydroxylation is 1. The van der Waals surface area contributed by atoms with Gasteiger partial charge in [-0.05, 0) is 54.8 Å². The van der Waals surface area contributed by atoms with Crippen molar-refractivity contribution in [2.75, 3.05) is 32.8 Å². The van der Waals surface area contributed by atoms with E-state index in [1.165, 1.54) is 11.6 Å². The molecule has 1 saturated heterocycles. The van der Waals surface area contributed by atoms with Crippen LogP contribution in [0.2, 0.25) is 0 Å². The van der Waals surface area contributed by atoms with Gasteiger partial charge < -0.3 is 9.47 Å². The summed E-state index contributed by atoms with van der Waals surface area (Å²) in [7, 11) is 0. The molecule has 0 aromatic heterocycles. The molecule has 146 valence electrons. The van der Waals surface area contributed by atoms with Gasteiger partial charge >= 0.3 is 6.18 Å². The van der Waals surface area contributed by atoms with Crippen LogP contribution in [0.3, 0.4) is 0 Å². The zero-order chi connectivity index (χ0) is 19.1. The number of ether oxygens (including phenoxy) is 2. The molecule has 1 heterocycles. The highest BCUT2D eigenvalue weighted by atomic mass is 19.4. The maximum atomic E-state index is 12.8. The van der Waals surface area contributed by atoms with Gasteiger partial charge in [0, 0.05) is 13.1 Å². The van der Waals surface area contributed by atoms with Crippen LogP contribution in [0.5, 0.6) is 5.75 Å². The Morgan fingerprint density at radius 1 is 0.963 bits per heavy atom. The van der Waals surface area contributed by atoms with E-state index >= 15 is 0 Å². The molecule has 0 N–H and O–H groups in total. The average Bonchev–Trinajstić information content (AvgIpc) is 2.67. The van der Waals surface area contributed by atoms with E-state index in [1.54, 1.807) is 6.07 Å². The van der Waals surface area contributed by atoms with Gasteiger partial charge in [0.15, 0.2) is 0 Å². The number of rotatable bonds is 7. The van der Waals surface area contributed by atoms with E-state index in [0.29, 0.717) is 11.3 Å². The maximum absolute atomic E-state index is 12.8. The molecule has 27 heavy (non-hydrogen) atoms. The van der Waals surface area contributed by atoms with Crippen molar-refractivity contribution >= 4 is 0 Å². The summed E-state index contributed by atoms with van der Waals surface area (Å²) in [6, 6.07) is 13.0. The minimum absolute atomic E-state index is 0.112. The molecule has 0 saturated carbocycles. The van der Waals surface area contributed by atoms with E-state index in [0.717, 1.165) is 57.8 Å². The molecule has 0 bridgehead atoms. The topological polar surface area (TPSA) is 21.7 Å². The zero-order valence-corrected chi connectivity index (χ0v) is 15.2. The molecule has 0 atom stereocenters. The van der Waals surface area contributed by atoms with Crippen molar-refractivity contribution in [2.24, 2.45) is 0 Å². The molecule has 1 aliphatic rings. The SMILES string of the molecule is FC(F)(F)c1cccc(COc2cccc(CCCN3CCOCC3)c2)c1. The van der Waals surface area contributed by atoms with E-state index in [4.69, 9.17) is 9.47 Å². The predicted molar refractivity (Wildman–Crippen MR) is 97.8 cm³/mol. The van der Waals surface area contributed by atoms with Gasteiger partial charge in [-0.1, -0.05) is 24.3 Å². The van der Waals surface area contributed by atoms with Crippen LogP contribution in [0.1, 0.15) is 23.1 Å². The molecule has 0 amide bonds. The number of morpholine rings is 1. The largest absolute Gasteiger partial charge is 0.489 e. The van der Waals surface area contributed by atoms with Crippen LogP contribution in [0, 0.1) is 0 Å². The van der Waals surface area contributed by atoms with Crippen molar-refractivity contribution in [1.82, 2.24) is 4.90 Å². The summed E-state index contributed by atoms with van der Waals surface area (Å²) >= 11 is 0. The van der Waals surface area contributed by atoms with E-state index in [-0.39, 0.29) is 6.61 Å². The van der Waals surface area contributed by atoms with Gasteiger partial charge in [-0.3, -0.25) is 4.90 Å². The first-order chi connectivity index (χ1) is 13.0. The molecule has 0 unspecified atom stereocenters. The number of nitrogens with zero attached hydrogens (tertiary/aromatic N) is 1. The fourth-order valence-electron chi connectivity index (χ4n) is 3.13. The number of hydrogen-bond donors (Lipinski definition) is 0. The lowest BCUT2D eigenvalue weighted by Gasteiger charge is -2.26. The van der Waals surface area contributed by atoms with Gasteiger partial charge in [0.1, 0.15) is 12.4 Å². The van der Waals surface area contributed by atoms with Crippen molar-refractivity contribution in [2.45, 2.75) is 25.6 Å². The van der Waals surface area contributed by atoms with Crippen molar-refractivity contribution < 1.29 is 22.6 Å². The Kier molecular flexibility index (Phi) is 6.74. The fourth-order valence-corrected chi connectivity index (χ4v) is 3.13. The summed E-state index contributed by atoms with van der Waals surface area (Å²) in [5.41, 5.74) is 1.02. The van der Waals surface area contributed by atoms with Gasteiger partial charge in [0.2, 0.25) is 0 Å². The Hall–Kier alpha value is -2.05. The standard InChI is InChI=1S/C21H24F3NO2/c22-21(23,24)19-7-1-5-18(14-19)16-27-20-8-2-4-17(15-20)6-3-9-25-10-12-26-13-11-25/h1-2,4-5,7-8,14-15H,3,6,9-13,16H2. The van der Waals surface area contributed by atoms with E-state index in [2.05, 4.69) is 11.0 Å². The van der Waals surface area contributed by atoms with E-state index < -0.39 is 11.7 Å². The van der Waals surface area contributed by atoms with Crippen molar-refractivity contribution in [3.8, 4) is 5.75 Å². The zero-order valence-electron chi connectivity index (χ0n) is 15.2. The van der Waals surface area contributed by atoms with Crippen LogP contribution in [0.4, 0.5) is 13.2 Å². The van der Waals surface area contributed by atoms with Crippen molar-refractivity contribution in [1.29, 1.82) is 0 Å². The lowest BCUT2D eigenvalue weighted by Crippen LogP contribution is -2.36. The molecule has 2 aromatic carbocycles. The number of halogens is 3. The Balaban J connectivity index is 1.50. The lowest BCUT2D eigenvalue weighted by molar-refractivity contribution is -0.137. The number of hydrogen-bond acceptors (Lipinski definition) is 3. The first kappa shape index (κ1) is 19.7. The van der Waals surface area contributed by atoms with Crippen molar-refractivity contribution in [3.05, 3.63) is 65.2 Å². The van der Waals surface area contributed by atoms with Crippen LogP contribution in [-0.4, -0.2) is 37.7 Å². The number of alkyl halides is 3. The van der Waals surface area contributed by atoms with Crippen molar-refractivity contribution in [3.63, 3.8) is 0 Å². The van der Waals surface area contributed by atoms with Crippen LogP contribution in [0.15, 0.2) is 48.5 Å². The molecule has 6 heteroatoms. The second kappa shape index (κ2) is 9.24. The van der Waals surface area contributed by atoms with E-state index in [9.17, 15) is 13.2 Å². The van der Waals surface area contributed by atoms with E-state index in [1.807, 2.05) is 18.2 Å². The summed E-state index contributed by atoms with van der Waals surface area (Å²) in [6.45, 7) is 4.73. The molecule has 0 radical (unpaired) electrons. The first-order valence-corrected chi connectivity index (χ1v) is 9.19. The van der Waals surface area contributed by atoms with Gasteiger partial charge in [-0.15, -0.1) is 0 Å². The van der Waals surface area contributed by atoms with Crippen LogP contribution < -0.4 is 4.74 Å². The van der Waals surface area contributed by atoms with Gasteiger partial charge in [0.25, 0.3) is 0 Å². The summed E-state index contributed by atoms with van der Waals surface area (Å²) in [6.07, 6.45) is -2.34. The predicted octanol–water partition coefficient (Wildman–Crippen LogP) is 4.55. The highest BCUT2D eigenvalue weighted by Gasteiger charge is 2.30. The molecule has 2 aromatic rings. The van der Waals surface area contributed by atoms with Crippen LogP contribution in [0.25, 0.3) is 0 Å². The molecular formula is C21H24F3NO2. The third-order valence-corrected chi connectivity index (χ3v) is 4.60. The van der Waals surface area contributed by atoms with Gasteiger partial charge in [-0.2, -0.15) is 13.2 Å². The quantitative estimate of drug-likeness (QED) is 0.705. The Bertz CT molecular complexity index is 727. The van der Waals surface area contributed by atoms with Crippen LogP contribution >= 0.6 is 0 Å². The molecular weight excluding hydrogens is 355 g/mol. The monoisotopic (exact) mass is 379 g/mol. The summed E-state index contributed by atoms with van der Waals surface area (Å²) in [5.74, 6) is 0.677. The Labute approximate surface area is 157 Å². The second-order valence-electron chi connectivity index (χ2n) is 6.69. The molecule has 3 nitrogen and oxygen atoms in total. The maximum Gasteiger partial charge on any atom is 0.416 e. The third-order valence-electron chi connectivity index (χ3n) is 4.60. The Morgan fingerprint density at radius 3 is 2.48 bits per heavy atom. The Morgan fingerprint density at radius 2 is 1.70 bits per heavy atom. The summed E-state index contributed by atoms with van der Waals surface area (Å²) in [5, 5.41) is 0. The number of benzene rings is 2. The first-order valence-electron chi connectivity index (χ1n) is 9.19. The summed E-state index contributed by atoms with van der Waals surface area (Å²) < 4.78 is 49.4. The lowest BCUT2D eigenvalue weighted by atomic mass is 10.1. The molecule has 1 fully saturated rings. The molecule has 3 rings (SSSR count). The van der Waals surface area contributed by atoms with Gasteiger partial charge in [-0.25, -0.2) is 0 Å². The molecule has 0 spiro atoms. The van der Waals surface area contributed by atoms with Crippen LogP contribution in [-0.2, 0) is 23.9 Å². The average molecular weight is 379 g/mol. The highest BCUT2D eigenvalue weighted by molar-refractivity contribution is 5.30. The van der Waals surface area contributed by atoms with Gasteiger partial charge in [0.05, 0.1) is 18.8 Å². The minimum atomic E-state index is -4.34. The minimum Gasteiger partial charge on any atom is -0.489 e.